The molecule has 2 aromatic rings. The first-order chi connectivity index (χ1) is 10.2. The minimum atomic E-state index is 0.0644. The smallest absolute Gasteiger partial charge is 0.0894 e. The van der Waals surface area contributed by atoms with Gasteiger partial charge in [-0.3, -0.25) is 9.88 Å². The fraction of sp³-hybridized carbons (Fsp3) is 0.471. The summed E-state index contributed by atoms with van der Waals surface area (Å²) in [6, 6.07) is 10.9. The van der Waals surface area contributed by atoms with E-state index in [9.17, 15) is 0 Å². The van der Waals surface area contributed by atoms with Gasteiger partial charge in [-0.25, -0.2) is 0 Å². The zero-order valence-electron chi connectivity index (χ0n) is 12.7. The number of fused-ring (bicyclic) bond motifs is 1. The minimum Gasteiger partial charge on any atom is -0.374 e. The first kappa shape index (κ1) is 14.4. The summed E-state index contributed by atoms with van der Waals surface area (Å²) in [5.74, 6) is 0. The summed E-state index contributed by atoms with van der Waals surface area (Å²) in [7, 11) is 0. The number of pyridine rings is 1. The zero-order valence-corrected chi connectivity index (χ0v) is 12.7. The van der Waals surface area contributed by atoms with Gasteiger partial charge in [0.25, 0.3) is 0 Å². The molecular weight excluding hydrogens is 262 g/mol. The summed E-state index contributed by atoms with van der Waals surface area (Å²) in [5.41, 5.74) is 9.28. The normalized spacial score (nSPS) is 23.6. The maximum atomic E-state index is 5.92. The van der Waals surface area contributed by atoms with Crippen LogP contribution in [0.3, 0.4) is 0 Å². The molecule has 0 saturated carbocycles. The number of rotatable bonds is 3. The number of likely N-dealkylation sites (N-methyl/N-ethyl adjacent to an activating group) is 1. The van der Waals surface area contributed by atoms with Crippen molar-refractivity contribution in [2.45, 2.75) is 26.0 Å². The lowest BCUT2D eigenvalue weighted by Crippen LogP contribution is -2.48. The zero-order chi connectivity index (χ0) is 14.8. The van der Waals surface area contributed by atoms with Crippen LogP contribution in [0.1, 0.15) is 24.2 Å². The molecular formula is C17H23N3O. The molecule has 21 heavy (non-hydrogen) atoms. The van der Waals surface area contributed by atoms with Gasteiger partial charge in [0.15, 0.2) is 0 Å². The van der Waals surface area contributed by atoms with E-state index >= 15 is 0 Å². The van der Waals surface area contributed by atoms with Crippen molar-refractivity contribution >= 4 is 10.9 Å². The largest absolute Gasteiger partial charge is 0.374 e. The van der Waals surface area contributed by atoms with Crippen LogP contribution in [-0.4, -0.2) is 42.2 Å². The van der Waals surface area contributed by atoms with Gasteiger partial charge < -0.3 is 10.5 Å². The Balaban J connectivity index is 2.01. The molecule has 0 radical (unpaired) electrons. The van der Waals surface area contributed by atoms with E-state index < -0.39 is 0 Å². The molecule has 2 atom stereocenters. The second-order valence-corrected chi connectivity index (χ2v) is 5.62. The third-order valence-corrected chi connectivity index (χ3v) is 4.29. The summed E-state index contributed by atoms with van der Waals surface area (Å²) < 4.78 is 5.88. The van der Waals surface area contributed by atoms with Crippen LogP contribution >= 0.6 is 0 Å². The van der Waals surface area contributed by atoms with Gasteiger partial charge in [0.05, 0.1) is 24.3 Å². The second kappa shape index (κ2) is 6.10. The van der Waals surface area contributed by atoms with Crippen molar-refractivity contribution in [3.63, 3.8) is 0 Å². The number of aryl methyl sites for hydroxylation is 1. The number of morpholine rings is 1. The SMILES string of the molecule is CCN1CCOC(CN)C1c1ccc2nc(C)ccc2c1. The number of hydrogen-bond donors (Lipinski definition) is 1. The van der Waals surface area contributed by atoms with Crippen LogP contribution in [0.15, 0.2) is 30.3 Å². The lowest BCUT2D eigenvalue weighted by Gasteiger charge is -2.40. The fourth-order valence-corrected chi connectivity index (χ4v) is 3.19. The van der Waals surface area contributed by atoms with Crippen LogP contribution in [-0.2, 0) is 4.74 Å². The van der Waals surface area contributed by atoms with E-state index in [1.165, 1.54) is 10.9 Å². The Labute approximate surface area is 125 Å². The van der Waals surface area contributed by atoms with Crippen molar-refractivity contribution in [1.29, 1.82) is 0 Å². The summed E-state index contributed by atoms with van der Waals surface area (Å²) in [4.78, 5) is 7.02. The number of nitrogens with zero attached hydrogens (tertiary/aromatic N) is 2. The molecule has 4 nitrogen and oxygen atoms in total. The van der Waals surface area contributed by atoms with Crippen molar-refractivity contribution in [1.82, 2.24) is 9.88 Å². The molecule has 3 rings (SSSR count). The van der Waals surface area contributed by atoms with E-state index in [-0.39, 0.29) is 12.1 Å². The second-order valence-electron chi connectivity index (χ2n) is 5.62. The monoisotopic (exact) mass is 285 g/mol. The van der Waals surface area contributed by atoms with Crippen LogP contribution < -0.4 is 5.73 Å². The molecule has 0 aliphatic carbocycles. The van der Waals surface area contributed by atoms with Gasteiger partial charge in [-0.2, -0.15) is 0 Å². The average molecular weight is 285 g/mol. The Morgan fingerprint density at radius 2 is 2.19 bits per heavy atom. The molecule has 0 bridgehead atoms. The molecule has 0 spiro atoms. The number of nitrogens with two attached hydrogens (primary N) is 1. The Morgan fingerprint density at radius 3 is 2.95 bits per heavy atom. The number of aromatic nitrogens is 1. The lowest BCUT2D eigenvalue weighted by molar-refractivity contribution is -0.0657. The number of benzene rings is 1. The quantitative estimate of drug-likeness (QED) is 0.940. The highest BCUT2D eigenvalue weighted by molar-refractivity contribution is 5.79. The first-order valence-electron chi connectivity index (χ1n) is 7.66. The molecule has 2 heterocycles. The molecule has 1 fully saturated rings. The van der Waals surface area contributed by atoms with Crippen molar-refractivity contribution in [2.24, 2.45) is 5.73 Å². The molecule has 0 amide bonds. The predicted octanol–water partition coefficient (Wildman–Crippen LogP) is 2.26. The first-order valence-corrected chi connectivity index (χ1v) is 7.66. The Morgan fingerprint density at radius 1 is 1.33 bits per heavy atom. The maximum absolute atomic E-state index is 5.92. The van der Waals surface area contributed by atoms with Gasteiger partial charge in [0.2, 0.25) is 0 Å². The van der Waals surface area contributed by atoms with Gasteiger partial charge in [0.1, 0.15) is 0 Å². The Bertz CT molecular complexity index is 616. The highest BCUT2D eigenvalue weighted by atomic mass is 16.5. The molecule has 112 valence electrons. The van der Waals surface area contributed by atoms with Crippen molar-refractivity contribution in [3.8, 4) is 0 Å². The summed E-state index contributed by atoms with van der Waals surface area (Å²) >= 11 is 0. The van der Waals surface area contributed by atoms with E-state index in [4.69, 9.17) is 10.5 Å². The third-order valence-electron chi connectivity index (χ3n) is 4.29. The lowest BCUT2D eigenvalue weighted by atomic mass is 9.96. The van der Waals surface area contributed by atoms with Crippen LogP contribution in [0.5, 0.6) is 0 Å². The van der Waals surface area contributed by atoms with Crippen LogP contribution in [0.25, 0.3) is 10.9 Å². The van der Waals surface area contributed by atoms with Gasteiger partial charge >= 0.3 is 0 Å². The highest BCUT2D eigenvalue weighted by Crippen LogP contribution is 2.30. The summed E-state index contributed by atoms with van der Waals surface area (Å²) in [6.07, 6.45) is 0.0644. The maximum Gasteiger partial charge on any atom is 0.0894 e. The van der Waals surface area contributed by atoms with E-state index in [0.29, 0.717) is 6.54 Å². The van der Waals surface area contributed by atoms with Crippen LogP contribution in [0.4, 0.5) is 0 Å². The molecule has 1 aromatic heterocycles. The Kier molecular flexibility index (Phi) is 4.19. The predicted molar refractivity (Wildman–Crippen MR) is 85.3 cm³/mol. The van der Waals surface area contributed by atoms with Gasteiger partial charge in [-0.15, -0.1) is 0 Å². The summed E-state index contributed by atoms with van der Waals surface area (Å²) in [6.45, 7) is 7.49. The Hall–Kier alpha value is -1.49. The van der Waals surface area contributed by atoms with E-state index in [1.54, 1.807) is 0 Å². The molecule has 1 aromatic carbocycles. The molecule has 1 saturated heterocycles. The fourth-order valence-electron chi connectivity index (χ4n) is 3.19. The van der Waals surface area contributed by atoms with Gasteiger partial charge in [0, 0.05) is 24.2 Å². The molecule has 1 aliphatic rings. The van der Waals surface area contributed by atoms with E-state index in [2.05, 4.69) is 47.1 Å². The molecule has 1 aliphatic heterocycles. The van der Waals surface area contributed by atoms with E-state index in [0.717, 1.165) is 30.9 Å². The summed E-state index contributed by atoms with van der Waals surface area (Å²) in [5, 5.41) is 1.18. The molecule has 2 N–H and O–H groups in total. The molecule has 2 unspecified atom stereocenters. The highest BCUT2D eigenvalue weighted by Gasteiger charge is 2.31. The van der Waals surface area contributed by atoms with Crippen molar-refractivity contribution in [2.75, 3.05) is 26.2 Å². The average Bonchev–Trinajstić information content (AvgIpc) is 2.53. The number of hydrogen-bond acceptors (Lipinski definition) is 4. The van der Waals surface area contributed by atoms with Crippen LogP contribution in [0, 0.1) is 6.92 Å². The van der Waals surface area contributed by atoms with Gasteiger partial charge in [-0.05, 0) is 37.2 Å². The molecule has 4 heteroatoms. The topological polar surface area (TPSA) is 51.4 Å². The minimum absolute atomic E-state index is 0.0644. The standard InChI is InChI=1S/C17H23N3O/c1-3-20-8-9-21-16(11-18)17(20)14-6-7-15-13(10-14)5-4-12(2)19-15/h4-7,10,16-17H,3,8-9,11,18H2,1-2H3. The van der Waals surface area contributed by atoms with Crippen molar-refractivity contribution < 1.29 is 4.74 Å². The third kappa shape index (κ3) is 2.79. The van der Waals surface area contributed by atoms with Crippen LogP contribution in [0.2, 0.25) is 0 Å². The van der Waals surface area contributed by atoms with Gasteiger partial charge in [-0.1, -0.05) is 19.1 Å². The van der Waals surface area contributed by atoms with E-state index in [1.807, 2.05) is 6.92 Å². The van der Waals surface area contributed by atoms with Crippen molar-refractivity contribution in [3.05, 3.63) is 41.6 Å². The number of ether oxygens (including phenoxy) is 1.